The number of halogens is 1. The fraction of sp³-hybridized carbons (Fsp3) is 0.250. The minimum absolute atomic E-state index is 0. The van der Waals surface area contributed by atoms with E-state index in [0.717, 1.165) is 5.56 Å². The quantitative estimate of drug-likeness (QED) is 0.342. The van der Waals surface area contributed by atoms with Crippen LogP contribution in [0.1, 0.15) is 25.6 Å². The molecule has 0 aliphatic carbocycles. The predicted octanol–water partition coefficient (Wildman–Crippen LogP) is 3.92. The number of aromatic nitrogens is 3. The highest BCUT2D eigenvalue weighted by Crippen LogP contribution is 2.29. The summed E-state index contributed by atoms with van der Waals surface area (Å²) in [5, 5.41) is 2.61. The van der Waals surface area contributed by atoms with Gasteiger partial charge in [-0.3, -0.25) is 19.5 Å². The van der Waals surface area contributed by atoms with Crippen LogP contribution < -0.4 is 10.2 Å². The number of anilines is 1. The van der Waals surface area contributed by atoms with Crippen LogP contribution in [0.15, 0.2) is 67.3 Å². The lowest BCUT2D eigenvalue weighted by atomic mass is 10.1. The number of hydrogen-bond donors (Lipinski definition) is 1. The first-order chi connectivity index (χ1) is 18.4. The zero-order chi connectivity index (χ0) is 26.6. The summed E-state index contributed by atoms with van der Waals surface area (Å²) in [4.78, 5) is 45.4. The maximum Gasteiger partial charge on any atom is 0.414 e. The molecule has 39 heavy (non-hydrogen) atoms. The fourth-order valence-electron chi connectivity index (χ4n) is 4.14. The molecule has 4 heterocycles. The van der Waals surface area contributed by atoms with Crippen LogP contribution in [0.3, 0.4) is 0 Å². The molecule has 0 bridgehead atoms. The molecule has 10 nitrogen and oxygen atoms in total. The average molecular weight is 534 g/mol. The Bertz CT molecular complexity index is 1510. The summed E-state index contributed by atoms with van der Waals surface area (Å²) in [6.07, 6.45) is 5.62. The van der Waals surface area contributed by atoms with Crippen molar-refractivity contribution in [3.05, 3.63) is 84.3 Å². The Morgan fingerprint density at radius 1 is 1.23 bits per heavy atom. The van der Waals surface area contributed by atoms with Crippen molar-refractivity contribution < 1.29 is 28.2 Å². The second-order valence-corrected chi connectivity index (χ2v) is 8.83. The van der Waals surface area contributed by atoms with Crippen molar-refractivity contribution in [1.82, 2.24) is 19.7 Å². The van der Waals surface area contributed by atoms with Gasteiger partial charge in [-0.1, -0.05) is 13.5 Å². The van der Waals surface area contributed by atoms with Gasteiger partial charge in [-0.2, -0.15) is 0 Å². The van der Waals surface area contributed by atoms with E-state index >= 15 is 4.39 Å². The Kier molecular flexibility index (Phi) is 8.18. The third-order valence-electron chi connectivity index (χ3n) is 5.99. The lowest BCUT2D eigenvalue weighted by Crippen LogP contribution is -2.33. The van der Waals surface area contributed by atoms with Crippen LogP contribution in [-0.4, -0.2) is 51.5 Å². The molecular weight excluding hydrogens is 505 g/mol. The van der Waals surface area contributed by atoms with Crippen LogP contribution in [0.25, 0.3) is 16.8 Å². The minimum Gasteiger partial charge on any atom is -0.460 e. The number of amides is 2. The number of nitrogens with zero attached hydrogens (tertiary/aromatic N) is 4. The van der Waals surface area contributed by atoms with E-state index in [-0.39, 0.29) is 39.5 Å². The smallest absolute Gasteiger partial charge is 0.414 e. The number of imidazole rings is 1. The zero-order valence-corrected chi connectivity index (χ0v) is 20.5. The average Bonchev–Trinajstić information content (AvgIpc) is 3.48. The second kappa shape index (κ2) is 11.7. The van der Waals surface area contributed by atoms with Gasteiger partial charge in [-0.25, -0.2) is 14.2 Å². The molecule has 1 aromatic carbocycles. The molecular formula is C28H28FN5O5. The molecule has 202 valence electrons. The molecule has 1 N–H and O–H groups in total. The van der Waals surface area contributed by atoms with Crippen LogP contribution in [0.5, 0.6) is 0 Å². The van der Waals surface area contributed by atoms with E-state index in [4.69, 9.17) is 9.47 Å². The van der Waals surface area contributed by atoms with Crippen molar-refractivity contribution in [2.75, 3.05) is 18.0 Å². The molecule has 0 saturated carbocycles. The van der Waals surface area contributed by atoms with E-state index in [2.05, 4.69) is 15.3 Å². The number of fused-ring (bicyclic) bond motifs is 1. The number of cyclic esters (lactones) is 1. The molecule has 1 aliphatic rings. The summed E-state index contributed by atoms with van der Waals surface area (Å²) in [6.45, 7) is 1.90. The van der Waals surface area contributed by atoms with Gasteiger partial charge < -0.3 is 19.2 Å². The van der Waals surface area contributed by atoms with Crippen molar-refractivity contribution in [3.8, 4) is 11.1 Å². The van der Waals surface area contributed by atoms with Crippen LogP contribution in [0.4, 0.5) is 14.9 Å². The summed E-state index contributed by atoms with van der Waals surface area (Å²) < 4.78 is 27.4. The van der Waals surface area contributed by atoms with Crippen molar-refractivity contribution in [3.63, 3.8) is 0 Å². The predicted molar refractivity (Wildman–Crippen MR) is 141 cm³/mol. The SMILES string of the molecule is C.CC(=O)NC[C@H]1CN(c2ccc(-c3ccn4cc(CC(=O)OCc5cccnc5)nc4c3)c(F)c2)C(=O)O1. The summed E-state index contributed by atoms with van der Waals surface area (Å²) in [5.41, 5.74) is 3.14. The zero-order valence-electron chi connectivity index (χ0n) is 20.5. The molecule has 11 heteroatoms. The van der Waals surface area contributed by atoms with Gasteiger partial charge in [0.1, 0.15) is 24.2 Å². The molecule has 1 fully saturated rings. The monoisotopic (exact) mass is 533 g/mol. The topological polar surface area (TPSA) is 115 Å². The van der Waals surface area contributed by atoms with Gasteiger partial charge >= 0.3 is 12.1 Å². The van der Waals surface area contributed by atoms with E-state index < -0.39 is 24.0 Å². The van der Waals surface area contributed by atoms with E-state index in [0.29, 0.717) is 28.2 Å². The molecule has 3 aromatic heterocycles. The Hall–Kier alpha value is -4.80. The number of ether oxygens (including phenoxy) is 2. The summed E-state index contributed by atoms with van der Waals surface area (Å²) in [7, 11) is 0. The number of carbonyl (C=O) groups excluding carboxylic acids is 3. The Balaban J connectivity index is 0.00000353. The summed E-state index contributed by atoms with van der Waals surface area (Å²) >= 11 is 0. The molecule has 0 unspecified atom stereocenters. The van der Waals surface area contributed by atoms with E-state index in [9.17, 15) is 14.4 Å². The molecule has 2 amide bonds. The van der Waals surface area contributed by atoms with Crippen molar-refractivity contribution >= 4 is 29.3 Å². The standard InChI is InChI=1S/C27H24FN5O5.CH4/c1-17(34)30-13-22-15-33(27(36)38-22)21-4-5-23(24(28)11-21)19-6-8-32-14-20(31-25(32)9-19)10-26(35)37-16-18-3-2-7-29-12-18;/h2-9,11-12,14,22H,10,13,15-16H2,1H3,(H,30,34);1H4/t22-;/m0./s1. The highest BCUT2D eigenvalue weighted by molar-refractivity contribution is 5.90. The van der Waals surface area contributed by atoms with Gasteiger partial charge in [0.2, 0.25) is 5.91 Å². The van der Waals surface area contributed by atoms with Crippen molar-refractivity contribution in [2.24, 2.45) is 0 Å². The van der Waals surface area contributed by atoms with E-state index in [1.807, 2.05) is 6.07 Å². The van der Waals surface area contributed by atoms with E-state index in [1.54, 1.807) is 59.5 Å². The highest BCUT2D eigenvalue weighted by Gasteiger charge is 2.32. The van der Waals surface area contributed by atoms with Gasteiger partial charge in [0.05, 0.1) is 30.9 Å². The molecule has 4 aromatic rings. The third-order valence-corrected chi connectivity index (χ3v) is 5.99. The number of carbonyl (C=O) groups is 3. The molecule has 1 atom stereocenters. The van der Waals surface area contributed by atoms with Crippen LogP contribution >= 0.6 is 0 Å². The Morgan fingerprint density at radius 3 is 2.82 bits per heavy atom. The second-order valence-electron chi connectivity index (χ2n) is 8.83. The van der Waals surface area contributed by atoms with Gasteiger partial charge in [0, 0.05) is 42.8 Å². The third kappa shape index (κ3) is 6.38. The first kappa shape index (κ1) is 27.2. The molecule has 1 saturated heterocycles. The molecule has 0 radical (unpaired) electrons. The van der Waals surface area contributed by atoms with Gasteiger partial charge in [0.25, 0.3) is 0 Å². The maximum atomic E-state index is 15.1. The number of esters is 1. The summed E-state index contributed by atoms with van der Waals surface area (Å²) in [5.74, 6) is -1.16. The van der Waals surface area contributed by atoms with Gasteiger partial charge in [-0.05, 0) is 42.0 Å². The van der Waals surface area contributed by atoms with Crippen molar-refractivity contribution in [2.45, 2.75) is 33.5 Å². The van der Waals surface area contributed by atoms with E-state index in [1.165, 1.54) is 17.9 Å². The number of hydrogen-bond acceptors (Lipinski definition) is 7. The lowest BCUT2D eigenvalue weighted by molar-refractivity contribution is -0.144. The largest absolute Gasteiger partial charge is 0.460 e. The summed E-state index contributed by atoms with van der Waals surface area (Å²) in [6, 6.07) is 11.5. The van der Waals surface area contributed by atoms with Crippen LogP contribution in [0.2, 0.25) is 0 Å². The van der Waals surface area contributed by atoms with Crippen molar-refractivity contribution in [1.29, 1.82) is 0 Å². The highest BCUT2D eigenvalue weighted by atomic mass is 19.1. The minimum atomic E-state index is -0.599. The maximum absolute atomic E-state index is 15.1. The first-order valence-corrected chi connectivity index (χ1v) is 11.9. The van der Waals surface area contributed by atoms with Crippen LogP contribution in [0, 0.1) is 5.82 Å². The molecule has 5 rings (SSSR count). The number of pyridine rings is 2. The fourth-order valence-corrected chi connectivity index (χ4v) is 4.14. The number of rotatable bonds is 8. The molecule has 1 aliphatic heterocycles. The normalized spacial score (nSPS) is 14.6. The Labute approximate surface area is 224 Å². The first-order valence-electron chi connectivity index (χ1n) is 11.9. The Morgan fingerprint density at radius 2 is 2.08 bits per heavy atom. The van der Waals surface area contributed by atoms with Crippen LogP contribution in [-0.2, 0) is 32.1 Å². The van der Waals surface area contributed by atoms with Gasteiger partial charge in [-0.15, -0.1) is 0 Å². The van der Waals surface area contributed by atoms with Gasteiger partial charge in [0.15, 0.2) is 0 Å². The lowest BCUT2D eigenvalue weighted by Gasteiger charge is -2.14. The molecule has 0 spiro atoms. The number of benzene rings is 1. The number of nitrogens with one attached hydrogen (secondary N) is 1.